The first-order chi connectivity index (χ1) is 16.0. The molecule has 1 fully saturated rings. The number of aryl methyl sites for hydroxylation is 1. The first-order valence-electron chi connectivity index (χ1n) is 11.1. The molecule has 0 spiro atoms. The van der Waals surface area contributed by atoms with E-state index in [0.29, 0.717) is 46.7 Å². The van der Waals surface area contributed by atoms with Crippen LogP contribution >= 0.6 is 11.6 Å². The Morgan fingerprint density at radius 2 is 2.15 bits per heavy atom. The average Bonchev–Trinajstić information content (AvgIpc) is 3.47. The quantitative estimate of drug-likeness (QED) is 0.459. The largest absolute Gasteiger partial charge is 0.424 e. The van der Waals surface area contributed by atoms with E-state index in [4.69, 9.17) is 16.0 Å². The van der Waals surface area contributed by atoms with Crippen molar-refractivity contribution in [2.24, 2.45) is 5.92 Å². The third-order valence-corrected chi connectivity index (χ3v) is 6.47. The number of hydrogen-bond donors (Lipinski definition) is 1. The maximum absolute atomic E-state index is 13.8. The van der Waals surface area contributed by atoms with Crippen LogP contribution in [-0.2, 0) is 0 Å². The molecule has 4 aromatic rings. The molecule has 1 saturated heterocycles. The number of likely N-dealkylation sites (tertiary alicyclic amines) is 1. The summed E-state index contributed by atoms with van der Waals surface area (Å²) >= 11 is 6.06. The lowest BCUT2D eigenvalue weighted by molar-refractivity contribution is 0.0539. The summed E-state index contributed by atoms with van der Waals surface area (Å²) in [5.41, 5.74) is 3.74. The highest BCUT2D eigenvalue weighted by atomic mass is 35.5. The molecule has 33 heavy (non-hydrogen) atoms. The molecule has 1 aliphatic rings. The van der Waals surface area contributed by atoms with Gasteiger partial charge in [-0.15, -0.1) is 0 Å². The van der Waals surface area contributed by atoms with Crippen molar-refractivity contribution in [3.05, 3.63) is 65.2 Å². The molecule has 0 saturated carbocycles. The van der Waals surface area contributed by atoms with Gasteiger partial charge in [0.2, 0.25) is 0 Å². The highest BCUT2D eigenvalue weighted by molar-refractivity contribution is 6.31. The standard InChI is InChI=1S/C24H25ClN6O2/c1-15-5-7-20(31-14-26-13-28-31)18(10-15)23(32)30-9-3-4-16(2)21(30)12-27-24-29-19-11-17(25)6-8-22(19)33-24/h5-8,10-11,13-14,16,21H,3-4,9,12H2,1-2H3,(H,27,29)/t16-,21-/m1/s1. The van der Waals surface area contributed by atoms with Crippen LogP contribution in [0.3, 0.4) is 0 Å². The van der Waals surface area contributed by atoms with Gasteiger partial charge in [0, 0.05) is 18.1 Å². The van der Waals surface area contributed by atoms with Crippen LogP contribution in [-0.4, -0.2) is 49.7 Å². The summed E-state index contributed by atoms with van der Waals surface area (Å²) in [4.78, 5) is 24.3. The van der Waals surface area contributed by atoms with Gasteiger partial charge in [-0.3, -0.25) is 4.79 Å². The summed E-state index contributed by atoms with van der Waals surface area (Å²) in [6.07, 6.45) is 5.11. The van der Waals surface area contributed by atoms with Crippen molar-refractivity contribution in [1.29, 1.82) is 0 Å². The predicted molar refractivity (Wildman–Crippen MR) is 127 cm³/mol. The van der Waals surface area contributed by atoms with E-state index in [1.165, 1.54) is 6.33 Å². The summed E-state index contributed by atoms with van der Waals surface area (Å²) in [6, 6.07) is 11.6. The molecule has 0 bridgehead atoms. The number of rotatable bonds is 5. The Balaban J connectivity index is 1.40. The normalized spacial score (nSPS) is 18.6. The third-order valence-electron chi connectivity index (χ3n) is 6.24. The van der Waals surface area contributed by atoms with Gasteiger partial charge < -0.3 is 14.6 Å². The van der Waals surface area contributed by atoms with Crippen LogP contribution in [0.2, 0.25) is 5.02 Å². The number of carbonyl (C=O) groups is 1. The maximum atomic E-state index is 13.8. The van der Waals surface area contributed by atoms with Crippen molar-refractivity contribution in [1.82, 2.24) is 24.6 Å². The van der Waals surface area contributed by atoms with Gasteiger partial charge in [0.05, 0.1) is 17.3 Å². The molecule has 2 atom stereocenters. The molecule has 2 aromatic heterocycles. The SMILES string of the molecule is Cc1ccc(-n2cncn2)c(C(=O)N2CCC[C@@H](C)[C@H]2CNc2nc3cc(Cl)ccc3o2)c1. The Morgan fingerprint density at radius 3 is 2.97 bits per heavy atom. The third kappa shape index (κ3) is 4.30. The maximum Gasteiger partial charge on any atom is 0.295 e. The van der Waals surface area contributed by atoms with Gasteiger partial charge in [0.15, 0.2) is 5.58 Å². The molecule has 0 radical (unpaired) electrons. The number of halogens is 1. The Labute approximate surface area is 196 Å². The Kier molecular flexibility index (Phi) is 5.76. The van der Waals surface area contributed by atoms with E-state index in [9.17, 15) is 4.79 Å². The number of benzene rings is 2. The molecule has 1 amide bonds. The Hall–Kier alpha value is -3.39. The van der Waals surface area contributed by atoms with E-state index in [2.05, 4.69) is 27.3 Å². The Bertz CT molecular complexity index is 1290. The molecule has 170 valence electrons. The first-order valence-corrected chi connectivity index (χ1v) is 11.4. The van der Waals surface area contributed by atoms with Crippen molar-refractivity contribution < 1.29 is 9.21 Å². The summed E-state index contributed by atoms with van der Waals surface area (Å²) in [5, 5.41) is 8.15. The summed E-state index contributed by atoms with van der Waals surface area (Å²) in [5.74, 6) is 0.320. The summed E-state index contributed by atoms with van der Waals surface area (Å²) in [7, 11) is 0. The molecule has 3 heterocycles. The molecule has 0 aliphatic carbocycles. The van der Waals surface area contributed by atoms with Crippen LogP contribution in [0.1, 0.15) is 35.7 Å². The predicted octanol–water partition coefficient (Wildman–Crippen LogP) is 4.72. The topological polar surface area (TPSA) is 89.1 Å². The number of piperidine rings is 1. The fourth-order valence-corrected chi connectivity index (χ4v) is 4.66. The molecule has 1 N–H and O–H groups in total. The lowest BCUT2D eigenvalue weighted by Crippen LogP contribution is -2.51. The van der Waals surface area contributed by atoms with Crippen LogP contribution in [0, 0.1) is 12.8 Å². The van der Waals surface area contributed by atoms with Gasteiger partial charge in [-0.1, -0.05) is 30.2 Å². The van der Waals surface area contributed by atoms with Crippen molar-refractivity contribution in [2.75, 3.05) is 18.4 Å². The number of oxazole rings is 1. The summed E-state index contributed by atoms with van der Waals surface area (Å²) < 4.78 is 7.45. The van der Waals surface area contributed by atoms with Crippen LogP contribution in [0.15, 0.2) is 53.5 Å². The highest BCUT2D eigenvalue weighted by Gasteiger charge is 2.33. The minimum Gasteiger partial charge on any atom is -0.424 e. The van der Waals surface area contributed by atoms with Crippen LogP contribution in [0.25, 0.3) is 16.8 Å². The van der Waals surface area contributed by atoms with E-state index in [1.807, 2.05) is 30.0 Å². The van der Waals surface area contributed by atoms with Crippen molar-refractivity contribution >= 4 is 34.6 Å². The van der Waals surface area contributed by atoms with E-state index in [0.717, 1.165) is 24.1 Å². The van der Waals surface area contributed by atoms with Gasteiger partial charge in [0.25, 0.3) is 11.9 Å². The molecule has 1 aliphatic heterocycles. The molecule has 5 rings (SSSR count). The molecule has 2 aromatic carbocycles. The second-order valence-electron chi connectivity index (χ2n) is 8.56. The smallest absolute Gasteiger partial charge is 0.295 e. The van der Waals surface area contributed by atoms with Crippen molar-refractivity contribution in [3.63, 3.8) is 0 Å². The van der Waals surface area contributed by atoms with E-state index in [-0.39, 0.29) is 11.9 Å². The number of nitrogens with one attached hydrogen (secondary N) is 1. The fraction of sp³-hybridized carbons (Fsp3) is 0.333. The van der Waals surface area contributed by atoms with Crippen molar-refractivity contribution in [3.8, 4) is 5.69 Å². The van der Waals surface area contributed by atoms with E-state index < -0.39 is 0 Å². The lowest BCUT2D eigenvalue weighted by atomic mass is 9.90. The number of fused-ring (bicyclic) bond motifs is 1. The average molecular weight is 465 g/mol. The summed E-state index contributed by atoms with van der Waals surface area (Å²) in [6.45, 7) is 5.41. The second kappa shape index (κ2) is 8.86. The second-order valence-corrected chi connectivity index (χ2v) is 8.99. The minimum atomic E-state index is -0.00750. The Morgan fingerprint density at radius 1 is 1.27 bits per heavy atom. The molecular formula is C24H25ClN6O2. The van der Waals surface area contributed by atoms with Gasteiger partial charge in [-0.05, 0) is 56.0 Å². The van der Waals surface area contributed by atoms with Gasteiger partial charge in [0.1, 0.15) is 18.2 Å². The highest BCUT2D eigenvalue weighted by Crippen LogP contribution is 2.28. The number of carbonyl (C=O) groups excluding carboxylic acids is 1. The first kappa shape index (κ1) is 21.5. The molecule has 9 heteroatoms. The number of amides is 1. The fourth-order valence-electron chi connectivity index (χ4n) is 4.49. The van der Waals surface area contributed by atoms with Crippen LogP contribution in [0.5, 0.6) is 0 Å². The zero-order chi connectivity index (χ0) is 22.9. The number of nitrogens with zero attached hydrogens (tertiary/aromatic N) is 5. The number of aromatic nitrogens is 4. The van der Waals surface area contributed by atoms with E-state index in [1.54, 1.807) is 29.2 Å². The van der Waals surface area contributed by atoms with Crippen molar-refractivity contribution in [2.45, 2.75) is 32.7 Å². The van der Waals surface area contributed by atoms with Gasteiger partial charge >= 0.3 is 0 Å². The monoisotopic (exact) mass is 464 g/mol. The van der Waals surface area contributed by atoms with Gasteiger partial charge in [-0.25, -0.2) is 9.67 Å². The van der Waals surface area contributed by atoms with E-state index >= 15 is 0 Å². The molecular weight excluding hydrogens is 440 g/mol. The van der Waals surface area contributed by atoms with Crippen LogP contribution < -0.4 is 5.32 Å². The molecule has 0 unspecified atom stereocenters. The van der Waals surface area contributed by atoms with Crippen LogP contribution in [0.4, 0.5) is 6.01 Å². The van der Waals surface area contributed by atoms with Gasteiger partial charge in [-0.2, -0.15) is 10.1 Å². The lowest BCUT2D eigenvalue weighted by Gasteiger charge is -2.40. The number of hydrogen-bond acceptors (Lipinski definition) is 6. The number of anilines is 1. The zero-order valence-corrected chi connectivity index (χ0v) is 19.3. The minimum absolute atomic E-state index is 0.00559. The zero-order valence-electron chi connectivity index (χ0n) is 18.5. The molecule has 8 nitrogen and oxygen atoms in total.